The van der Waals surface area contributed by atoms with Crippen LogP contribution in [0, 0.1) is 17.0 Å². The summed E-state index contributed by atoms with van der Waals surface area (Å²) in [6.07, 6.45) is 0. The Morgan fingerprint density at radius 2 is 2.00 bits per heavy atom. The third-order valence-electron chi connectivity index (χ3n) is 2.98. The van der Waals surface area contributed by atoms with Gasteiger partial charge in [0.25, 0.3) is 11.6 Å². The van der Waals surface area contributed by atoms with E-state index in [9.17, 15) is 14.9 Å². The Hall–Kier alpha value is -2.83. The van der Waals surface area contributed by atoms with Crippen LogP contribution in [0.3, 0.4) is 0 Å². The third-order valence-corrected chi connectivity index (χ3v) is 2.98. The van der Waals surface area contributed by atoms with Crippen molar-refractivity contribution in [1.29, 1.82) is 0 Å². The van der Waals surface area contributed by atoms with Gasteiger partial charge < -0.3 is 14.5 Å². The molecule has 0 aliphatic carbocycles. The fourth-order valence-corrected chi connectivity index (χ4v) is 1.85. The van der Waals surface area contributed by atoms with Crippen molar-refractivity contribution in [1.82, 2.24) is 5.32 Å². The number of nitrogens with one attached hydrogen (secondary N) is 1. The molecule has 1 aromatic carbocycles. The van der Waals surface area contributed by atoms with E-state index in [1.807, 2.05) is 19.9 Å². The highest BCUT2D eigenvalue weighted by molar-refractivity contribution is 5.77. The van der Waals surface area contributed by atoms with Gasteiger partial charge in [0.2, 0.25) is 0 Å². The van der Waals surface area contributed by atoms with E-state index in [0.29, 0.717) is 11.5 Å². The topological polar surface area (TPSA) is 94.6 Å². The second-order valence-electron chi connectivity index (χ2n) is 4.78. The number of furan rings is 1. The molecular formula is C15H16N2O5. The first-order valence-corrected chi connectivity index (χ1v) is 6.68. The van der Waals surface area contributed by atoms with Gasteiger partial charge in [0.15, 0.2) is 6.61 Å². The molecular weight excluding hydrogens is 288 g/mol. The maximum absolute atomic E-state index is 11.8. The van der Waals surface area contributed by atoms with E-state index < -0.39 is 4.92 Å². The number of carbonyl (C=O) groups excluding carboxylic acids is 1. The van der Waals surface area contributed by atoms with Crippen LogP contribution in [0.1, 0.15) is 24.5 Å². The average Bonchev–Trinajstić information content (AvgIpc) is 2.92. The summed E-state index contributed by atoms with van der Waals surface area (Å²) in [5, 5.41) is 13.3. The summed E-state index contributed by atoms with van der Waals surface area (Å²) in [7, 11) is 0. The van der Waals surface area contributed by atoms with Gasteiger partial charge in [0, 0.05) is 12.1 Å². The van der Waals surface area contributed by atoms with Crippen LogP contribution >= 0.6 is 0 Å². The summed E-state index contributed by atoms with van der Waals surface area (Å²) in [5.41, 5.74) is -0.0291. The molecule has 0 aliphatic rings. The Morgan fingerprint density at radius 3 is 2.55 bits per heavy atom. The molecule has 2 rings (SSSR count). The molecule has 1 aromatic heterocycles. The summed E-state index contributed by atoms with van der Waals surface area (Å²) in [6.45, 7) is 3.46. The van der Waals surface area contributed by atoms with Crippen LogP contribution in [-0.4, -0.2) is 17.4 Å². The standard InChI is InChI=1S/C15H16N2O5/c1-10-3-8-14(22-10)11(2)16-15(18)9-21-13-6-4-12(5-7-13)17(19)20/h3-8,11H,9H2,1-2H3,(H,16,18). The van der Waals surface area contributed by atoms with Gasteiger partial charge in [-0.15, -0.1) is 0 Å². The summed E-state index contributed by atoms with van der Waals surface area (Å²) < 4.78 is 10.7. The Kier molecular flexibility index (Phi) is 4.77. The first-order valence-electron chi connectivity index (χ1n) is 6.68. The van der Waals surface area contributed by atoms with E-state index in [-0.39, 0.29) is 24.2 Å². The lowest BCUT2D eigenvalue weighted by Gasteiger charge is -2.12. The Labute approximate surface area is 127 Å². The molecule has 7 heteroatoms. The molecule has 1 amide bonds. The molecule has 1 heterocycles. The van der Waals surface area contributed by atoms with Crippen molar-refractivity contribution in [3.8, 4) is 5.75 Å². The monoisotopic (exact) mass is 304 g/mol. The molecule has 22 heavy (non-hydrogen) atoms. The molecule has 1 atom stereocenters. The predicted molar refractivity (Wildman–Crippen MR) is 78.6 cm³/mol. The highest BCUT2D eigenvalue weighted by Crippen LogP contribution is 2.18. The van der Waals surface area contributed by atoms with Crippen LogP contribution in [0.4, 0.5) is 5.69 Å². The molecule has 1 N–H and O–H groups in total. The number of nitro groups is 1. The molecule has 0 radical (unpaired) electrons. The molecule has 7 nitrogen and oxygen atoms in total. The Balaban J connectivity index is 1.83. The quantitative estimate of drug-likeness (QED) is 0.654. The summed E-state index contributed by atoms with van der Waals surface area (Å²) in [6, 6.07) is 8.91. The number of aryl methyl sites for hydroxylation is 1. The van der Waals surface area contributed by atoms with Gasteiger partial charge >= 0.3 is 0 Å². The molecule has 0 aliphatic heterocycles. The second kappa shape index (κ2) is 6.75. The van der Waals surface area contributed by atoms with Crippen LogP contribution in [0.5, 0.6) is 5.75 Å². The predicted octanol–water partition coefficient (Wildman–Crippen LogP) is 2.75. The number of hydrogen-bond donors (Lipinski definition) is 1. The highest BCUT2D eigenvalue weighted by atomic mass is 16.6. The van der Waals surface area contributed by atoms with Gasteiger partial charge in [-0.2, -0.15) is 0 Å². The zero-order valence-corrected chi connectivity index (χ0v) is 12.2. The smallest absolute Gasteiger partial charge is 0.269 e. The summed E-state index contributed by atoms with van der Waals surface area (Å²) in [4.78, 5) is 21.8. The molecule has 2 aromatic rings. The first-order chi connectivity index (χ1) is 10.5. The summed E-state index contributed by atoms with van der Waals surface area (Å²) >= 11 is 0. The van der Waals surface area contributed by atoms with Gasteiger partial charge in [-0.3, -0.25) is 14.9 Å². The van der Waals surface area contributed by atoms with E-state index in [1.165, 1.54) is 24.3 Å². The van der Waals surface area contributed by atoms with Crippen LogP contribution < -0.4 is 10.1 Å². The number of rotatable bonds is 6. The minimum Gasteiger partial charge on any atom is -0.484 e. The highest BCUT2D eigenvalue weighted by Gasteiger charge is 2.13. The van der Waals surface area contributed by atoms with Crippen molar-refractivity contribution in [3.63, 3.8) is 0 Å². The minimum atomic E-state index is -0.497. The molecule has 0 spiro atoms. The average molecular weight is 304 g/mol. The van der Waals surface area contributed by atoms with Crippen LogP contribution in [0.15, 0.2) is 40.8 Å². The summed E-state index contributed by atoms with van der Waals surface area (Å²) in [5.74, 6) is 1.53. The fourth-order valence-electron chi connectivity index (χ4n) is 1.85. The lowest BCUT2D eigenvalue weighted by molar-refractivity contribution is -0.384. The lowest BCUT2D eigenvalue weighted by Crippen LogP contribution is -2.31. The van der Waals surface area contributed by atoms with Crippen molar-refractivity contribution in [2.75, 3.05) is 6.61 Å². The van der Waals surface area contributed by atoms with E-state index in [4.69, 9.17) is 9.15 Å². The van der Waals surface area contributed by atoms with E-state index >= 15 is 0 Å². The van der Waals surface area contributed by atoms with Gasteiger partial charge in [-0.25, -0.2) is 0 Å². The van der Waals surface area contributed by atoms with Gasteiger partial charge in [-0.1, -0.05) is 0 Å². The SMILES string of the molecule is Cc1ccc(C(C)NC(=O)COc2ccc([N+](=O)[O-])cc2)o1. The molecule has 116 valence electrons. The van der Waals surface area contributed by atoms with Crippen LogP contribution in [0.25, 0.3) is 0 Å². The normalized spacial score (nSPS) is 11.7. The zero-order valence-electron chi connectivity index (χ0n) is 12.2. The lowest BCUT2D eigenvalue weighted by atomic mass is 10.2. The third kappa shape index (κ3) is 4.08. The number of nitrogens with zero attached hydrogens (tertiary/aromatic N) is 1. The van der Waals surface area contributed by atoms with E-state index in [0.717, 1.165) is 5.76 Å². The fraction of sp³-hybridized carbons (Fsp3) is 0.267. The molecule has 1 unspecified atom stereocenters. The number of carbonyl (C=O) groups is 1. The van der Waals surface area contributed by atoms with Crippen molar-refractivity contribution < 1.29 is 18.9 Å². The van der Waals surface area contributed by atoms with Crippen molar-refractivity contribution in [2.45, 2.75) is 19.9 Å². The van der Waals surface area contributed by atoms with E-state index in [2.05, 4.69) is 5.32 Å². The van der Waals surface area contributed by atoms with E-state index in [1.54, 1.807) is 6.07 Å². The molecule has 0 fully saturated rings. The maximum atomic E-state index is 11.8. The molecule has 0 saturated heterocycles. The van der Waals surface area contributed by atoms with Crippen molar-refractivity contribution in [3.05, 3.63) is 58.0 Å². The number of ether oxygens (including phenoxy) is 1. The zero-order chi connectivity index (χ0) is 16.1. The minimum absolute atomic E-state index is 0.0291. The number of hydrogen-bond acceptors (Lipinski definition) is 5. The van der Waals surface area contributed by atoms with Crippen LogP contribution in [0.2, 0.25) is 0 Å². The van der Waals surface area contributed by atoms with Gasteiger partial charge in [-0.05, 0) is 38.1 Å². The van der Waals surface area contributed by atoms with Crippen LogP contribution in [-0.2, 0) is 4.79 Å². The number of nitro benzene ring substituents is 1. The van der Waals surface area contributed by atoms with Crippen molar-refractivity contribution >= 4 is 11.6 Å². The van der Waals surface area contributed by atoms with Gasteiger partial charge in [0.05, 0.1) is 11.0 Å². The molecule has 0 bridgehead atoms. The largest absolute Gasteiger partial charge is 0.484 e. The second-order valence-corrected chi connectivity index (χ2v) is 4.78. The number of benzene rings is 1. The Morgan fingerprint density at radius 1 is 1.32 bits per heavy atom. The number of non-ortho nitro benzene ring substituents is 1. The van der Waals surface area contributed by atoms with Crippen molar-refractivity contribution in [2.24, 2.45) is 0 Å². The first kappa shape index (κ1) is 15.6. The molecule has 0 saturated carbocycles. The maximum Gasteiger partial charge on any atom is 0.269 e. The van der Waals surface area contributed by atoms with Gasteiger partial charge in [0.1, 0.15) is 17.3 Å². The number of amides is 1. The Bertz CT molecular complexity index is 663.